The molecule has 0 saturated carbocycles. The molecule has 0 radical (unpaired) electrons. The average molecular weight is 565 g/mol. The summed E-state index contributed by atoms with van der Waals surface area (Å²) in [6, 6.07) is 39.4. The van der Waals surface area contributed by atoms with Crippen LogP contribution in [0.2, 0.25) is 0 Å². The molecule has 210 valence electrons. The topological polar surface area (TPSA) is 65.7 Å². The monoisotopic (exact) mass is 564 g/mol. The van der Waals surface area contributed by atoms with Gasteiger partial charge < -0.3 is 13.9 Å². The summed E-state index contributed by atoms with van der Waals surface area (Å²) in [5.41, 5.74) is 5.23. The predicted molar refractivity (Wildman–Crippen MR) is 169 cm³/mol. The first-order valence-electron chi connectivity index (χ1n) is 14.0. The van der Waals surface area contributed by atoms with E-state index in [1.54, 1.807) is 42.5 Å². The van der Waals surface area contributed by atoms with Crippen molar-refractivity contribution in [3.63, 3.8) is 0 Å². The SMILES string of the molecule is CCOc1ccc2oc(-c3ccccc3)c(C(=O)Oc3ccc(C=CC(=O)c4ccc(-c5ccccc5)cc4)cc3)c2c1. The summed E-state index contributed by atoms with van der Waals surface area (Å²) in [7, 11) is 0. The lowest BCUT2D eigenvalue weighted by molar-refractivity contribution is 0.0736. The molecular formula is C38H28O5. The second-order valence-corrected chi connectivity index (χ2v) is 9.86. The number of carbonyl (C=O) groups excluding carboxylic acids is 2. The maximum Gasteiger partial charge on any atom is 0.348 e. The molecule has 0 saturated heterocycles. The maximum absolute atomic E-state index is 13.5. The summed E-state index contributed by atoms with van der Waals surface area (Å²) in [6.07, 6.45) is 3.28. The van der Waals surface area contributed by atoms with Gasteiger partial charge in [-0.3, -0.25) is 4.79 Å². The van der Waals surface area contributed by atoms with Crippen molar-refractivity contribution in [2.75, 3.05) is 6.61 Å². The van der Waals surface area contributed by atoms with Crippen LogP contribution >= 0.6 is 0 Å². The Bertz CT molecular complexity index is 1900. The van der Waals surface area contributed by atoms with E-state index in [1.807, 2.05) is 97.9 Å². The van der Waals surface area contributed by atoms with Crippen LogP contribution in [-0.2, 0) is 0 Å². The lowest BCUT2D eigenvalue weighted by Crippen LogP contribution is -2.09. The fraction of sp³-hybridized carbons (Fsp3) is 0.0526. The Kier molecular flexibility index (Phi) is 7.96. The molecule has 6 aromatic rings. The highest BCUT2D eigenvalue weighted by molar-refractivity contribution is 6.10. The molecule has 5 heteroatoms. The third-order valence-corrected chi connectivity index (χ3v) is 7.00. The number of esters is 1. The second-order valence-electron chi connectivity index (χ2n) is 9.86. The number of furan rings is 1. The molecule has 43 heavy (non-hydrogen) atoms. The van der Waals surface area contributed by atoms with Gasteiger partial charge in [-0.25, -0.2) is 4.79 Å². The Hall–Kier alpha value is -5.68. The fourth-order valence-corrected chi connectivity index (χ4v) is 4.86. The molecule has 0 aliphatic rings. The number of hydrogen-bond acceptors (Lipinski definition) is 5. The van der Waals surface area contributed by atoms with Crippen molar-refractivity contribution in [1.82, 2.24) is 0 Å². The zero-order chi connectivity index (χ0) is 29.6. The van der Waals surface area contributed by atoms with E-state index in [1.165, 1.54) is 6.08 Å². The van der Waals surface area contributed by atoms with Crippen LogP contribution in [0.15, 0.2) is 138 Å². The highest BCUT2D eigenvalue weighted by Gasteiger charge is 2.24. The summed E-state index contributed by atoms with van der Waals surface area (Å²) >= 11 is 0. The fourth-order valence-electron chi connectivity index (χ4n) is 4.86. The average Bonchev–Trinajstić information content (AvgIpc) is 3.44. The lowest BCUT2D eigenvalue weighted by Gasteiger charge is -2.07. The van der Waals surface area contributed by atoms with Crippen LogP contribution in [0, 0.1) is 0 Å². The summed E-state index contributed by atoms with van der Waals surface area (Å²) in [4.78, 5) is 26.3. The van der Waals surface area contributed by atoms with E-state index in [9.17, 15) is 9.59 Å². The zero-order valence-electron chi connectivity index (χ0n) is 23.5. The number of fused-ring (bicyclic) bond motifs is 1. The number of allylic oxidation sites excluding steroid dienone is 1. The smallest absolute Gasteiger partial charge is 0.348 e. The van der Waals surface area contributed by atoms with Gasteiger partial charge in [0.25, 0.3) is 0 Å². The number of carbonyl (C=O) groups is 2. The summed E-state index contributed by atoms with van der Waals surface area (Å²) in [6.45, 7) is 2.41. The van der Waals surface area contributed by atoms with Crippen LogP contribution in [0.25, 0.3) is 39.5 Å². The van der Waals surface area contributed by atoms with Gasteiger partial charge in [0.15, 0.2) is 5.78 Å². The number of benzene rings is 5. The molecular weight excluding hydrogens is 536 g/mol. The molecule has 0 aliphatic carbocycles. The van der Waals surface area contributed by atoms with E-state index in [0.717, 1.165) is 22.3 Å². The molecule has 1 aromatic heterocycles. The van der Waals surface area contributed by atoms with Crippen molar-refractivity contribution in [1.29, 1.82) is 0 Å². The van der Waals surface area contributed by atoms with Crippen molar-refractivity contribution >= 4 is 28.8 Å². The summed E-state index contributed by atoms with van der Waals surface area (Å²) in [5.74, 6) is 0.816. The summed E-state index contributed by atoms with van der Waals surface area (Å²) < 4.78 is 17.6. The molecule has 5 nitrogen and oxygen atoms in total. The molecule has 1 heterocycles. The molecule has 0 unspecified atom stereocenters. The third-order valence-electron chi connectivity index (χ3n) is 7.00. The van der Waals surface area contributed by atoms with Gasteiger partial charge in [-0.1, -0.05) is 103 Å². The van der Waals surface area contributed by atoms with Gasteiger partial charge in [-0.2, -0.15) is 0 Å². The molecule has 0 atom stereocenters. The zero-order valence-corrected chi connectivity index (χ0v) is 23.5. The number of ketones is 1. The van der Waals surface area contributed by atoms with Crippen LogP contribution < -0.4 is 9.47 Å². The largest absolute Gasteiger partial charge is 0.494 e. The van der Waals surface area contributed by atoms with Gasteiger partial charge >= 0.3 is 5.97 Å². The van der Waals surface area contributed by atoms with Crippen molar-refractivity contribution in [2.24, 2.45) is 0 Å². The normalized spacial score (nSPS) is 11.1. The van der Waals surface area contributed by atoms with E-state index in [0.29, 0.717) is 46.0 Å². The highest BCUT2D eigenvalue weighted by atomic mass is 16.5. The molecule has 0 aliphatic heterocycles. The number of rotatable bonds is 9. The molecule has 0 N–H and O–H groups in total. The second kappa shape index (κ2) is 12.5. The standard InChI is InChI=1S/C38H28O5/c1-2-41-32-22-24-35-33(25-32)36(37(43-35)30-11-7-4-8-12-30)38(40)42-31-20-13-26(14-21-31)15-23-34(39)29-18-16-28(17-19-29)27-9-5-3-6-10-27/h3-25H,2H2,1H3. The molecule has 5 aromatic carbocycles. The van der Waals surface area contributed by atoms with Gasteiger partial charge in [0.1, 0.15) is 28.4 Å². The summed E-state index contributed by atoms with van der Waals surface area (Å²) in [5, 5.41) is 0.615. The van der Waals surface area contributed by atoms with Crippen LogP contribution in [0.4, 0.5) is 0 Å². The number of ether oxygens (including phenoxy) is 2. The van der Waals surface area contributed by atoms with Crippen molar-refractivity contribution < 1.29 is 23.5 Å². The van der Waals surface area contributed by atoms with Crippen LogP contribution in [-0.4, -0.2) is 18.4 Å². The maximum atomic E-state index is 13.5. The van der Waals surface area contributed by atoms with E-state index >= 15 is 0 Å². The minimum Gasteiger partial charge on any atom is -0.494 e. The Morgan fingerprint density at radius 3 is 2.00 bits per heavy atom. The van der Waals surface area contributed by atoms with Gasteiger partial charge in [-0.15, -0.1) is 0 Å². The molecule has 0 amide bonds. The predicted octanol–water partition coefficient (Wildman–Crippen LogP) is 9.28. The van der Waals surface area contributed by atoms with Gasteiger partial charge in [0.2, 0.25) is 0 Å². The Morgan fingerprint density at radius 2 is 1.33 bits per heavy atom. The van der Waals surface area contributed by atoms with E-state index in [-0.39, 0.29) is 5.78 Å². The molecule has 0 fully saturated rings. The lowest BCUT2D eigenvalue weighted by atomic mass is 10.0. The van der Waals surface area contributed by atoms with E-state index < -0.39 is 5.97 Å². The minimum absolute atomic E-state index is 0.0955. The molecule has 6 rings (SSSR count). The van der Waals surface area contributed by atoms with Crippen LogP contribution in [0.3, 0.4) is 0 Å². The van der Waals surface area contributed by atoms with Crippen molar-refractivity contribution in [3.8, 4) is 33.9 Å². The molecule has 0 bridgehead atoms. The van der Waals surface area contributed by atoms with Crippen LogP contribution in [0.1, 0.15) is 33.2 Å². The quantitative estimate of drug-likeness (QED) is 0.0758. The first kappa shape index (κ1) is 27.5. The molecule has 0 spiro atoms. The van der Waals surface area contributed by atoms with Gasteiger partial charge in [0.05, 0.1) is 6.61 Å². The van der Waals surface area contributed by atoms with Crippen molar-refractivity contribution in [2.45, 2.75) is 6.92 Å². The first-order valence-corrected chi connectivity index (χ1v) is 14.0. The first-order chi connectivity index (χ1) is 21.1. The number of hydrogen-bond donors (Lipinski definition) is 0. The Morgan fingerprint density at radius 1 is 0.698 bits per heavy atom. The van der Waals surface area contributed by atoms with Crippen molar-refractivity contribution in [3.05, 3.63) is 150 Å². The van der Waals surface area contributed by atoms with E-state index in [4.69, 9.17) is 13.9 Å². The van der Waals surface area contributed by atoms with Gasteiger partial charge in [-0.05, 0) is 60.0 Å². The Balaban J connectivity index is 1.18. The highest BCUT2D eigenvalue weighted by Crippen LogP contribution is 2.36. The third kappa shape index (κ3) is 6.16. The van der Waals surface area contributed by atoms with Crippen LogP contribution in [0.5, 0.6) is 11.5 Å². The Labute approximate surface area is 249 Å². The van der Waals surface area contributed by atoms with Gasteiger partial charge in [0, 0.05) is 16.5 Å². The minimum atomic E-state index is -0.538. The van der Waals surface area contributed by atoms with E-state index in [2.05, 4.69) is 0 Å².